The minimum atomic E-state index is 0.320. The molecular formula is C23H26N4O2. The molecule has 1 N–H and O–H groups in total. The smallest absolute Gasteiger partial charge is 0.231 e. The number of anilines is 1. The van der Waals surface area contributed by atoms with Crippen LogP contribution in [0, 0.1) is 13.8 Å². The molecule has 0 aliphatic carbocycles. The molecule has 2 aliphatic heterocycles. The molecule has 3 aromatic rings. The maximum absolute atomic E-state index is 5.47. The Morgan fingerprint density at radius 2 is 1.83 bits per heavy atom. The van der Waals surface area contributed by atoms with E-state index in [1.54, 1.807) is 0 Å². The van der Waals surface area contributed by atoms with Gasteiger partial charge in [-0.05, 0) is 56.5 Å². The highest BCUT2D eigenvalue weighted by Gasteiger charge is 2.22. The highest BCUT2D eigenvalue weighted by molar-refractivity contribution is 5.82. The molecule has 6 heteroatoms. The SMILES string of the molecule is Cc1ccc2nc(N3CCC(NCc4ccc5c(c4)OCO5)CC3)nc(C)c2c1. The van der Waals surface area contributed by atoms with Crippen molar-refractivity contribution in [1.29, 1.82) is 0 Å². The largest absolute Gasteiger partial charge is 0.454 e. The van der Waals surface area contributed by atoms with Gasteiger partial charge in [-0.2, -0.15) is 0 Å². The normalized spacial score (nSPS) is 16.6. The van der Waals surface area contributed by atoms with Crippen LogP contribution < -0.4 is 19.7 Å². The fourth-order valence-electron chi connectivity index (χ4n) is 4.12. The maximum Gasteiger partial charge on any atom is 0.231 e. The number of piperidine rings is 1. The van der Waals surface area contributed by atoms with Crippen molar-refractivity contribution in [1.82, 2.24) is 15.3 Å². The molecule has 3 heterocycles. The van der Waals surface area contributed by atoms with Gasteiger partial charge in [0.1, 0.15) is 0 Å². The van der Waals surface area contributed by atoms with Gasteiger partial charge in [-0.15, -0.1) is 0 Å². The van der Waals surface area contributed by atoms with Crippen molar-refractivity contribution in [2.24, 2.45) is 0 Å². The number of rotatable bonds is 4. The molecule has 5 rings (SSSR count). The molecule has 1 saturated heterocycles. The minimum Gasteiger partial charge on any atom is -0.454 e. The van der Waals surface area contributed by atoms with Crippen LogP contribution in [0.2, 0.25) is 0 Å². The van der Waals surface area contributed by atoms with Gasteiger partial charge in [0.25, 0.3) is 0 Å². The molecule has 0 bridgehead atoms. The van der Waals surface area contributed by atoms with E-state index in [2.05, 4.69) is 54.4 Å². The first-order valence-corrected chi connectivity index (χ1v) is 10.3. The first-order chi connectivity index (χ1) is 14.2. The Bertz CT molecular complexity index is 1040. The lowest BCUT2D eigenvalue weighted by Crippen LogP contribution is -2.43. The van der Waals surface area contributed by atoms with E-state index in [1.807, 2.05) is 6.07 Å². The van der Waals surface area contributed by atoms with Crippen LogP contribution in [0.4, 0.5) is 5.95 Å². The summed E-state index contributed by atoms with van der Waals surface area (Å²) in [6.07, 6.45) is 2.16. The standard InChI is InChI=1S/C23H26N4O2/c1-15-3-5-20-19(11-15)16(2)25-23(26-20)27-9-7-18(8-10-27)24-13-17-4-6-21-22(12-17)29-14-28-21/h3-6,11-12,18,24H,7-10,13-14H2,1-2H3. The third-order valence-corrected chi connectivity index (χ3v) is 5.84. The zero-order chi connectivity index (χ0) is 19.8. The molecule has 6 nitrogen and oxygen atoms in total. The van der Waals surface area contributed by atoms with E-state index in [-0.39, 0.29) is 0 Å². The monoisotopic (exact) mass is 390 g/mol. The summed E-state index contributed by atoms with van der Waals surface area (Å²) in [6, 6.07) is 13.0. The van der Waals surface area contributed by atoms with E-state index in [1.165, 1.54) is 11.1 Å². The fourth-order valence-corrected chi connectivity index (χ4v) is 4.12. The molecule has 2 aliphatic rings. The average molecular weight is 390 g/mol. The topological polar surface area (TPSA) is 59.5 Å². The summed E-state index contributed by atoms with van der Waals surface area (Å²) in [5, 5.41) is 4.83. The van der Waals surface area contributed by atoms with Crippen LogP contribution in [0.15, 0.2) is 36.4 Å². The third-order valence-electron chi connectivity index (χ3n) is 5.84. The molecule has 0 radical (unpaired) electrons. The van der Waals surface area contributed by atoms with Crippen molar-refractivity contribution in [3.63, 3.8) is 0 Å². The molecule has 0 amide bonds. The first-order valence-electron chi connectivity index (χ1n) is 10.3. The van der Waals surface area contributed by atoms with E-state index >= 15 is 0 Å². The average Bonchev–Trinajstić information content (AvgIpc) is 3.21. The molecule has 0 unspecified atom stereocenters. The van der Waals surface area contributed by atoms with E-state index in [0.717, 1.165) is 66.5 Å². The van der Waals surface area contributed by atoms with Crippen molar-refractivity contribution in [2.75, 3.05) is 24.8 Å². The van der Waals surface area contributed by atoms with Crippen molar-refractivity contribution in [3.05, 3.63) is 53.2 Å². The van der Waals surface area contributed by atoms with Gasteiger partial charge in [0.2, 0.25) is 12.7 Å². The summed E-state index contributed by atoms with van der Waals surface area (Å²) in [5.41, 5.74) is 4.55. The van der Waals surface area contributed by atoms with Crippen LogP contribution >= 0.6 is 0 Å². The highest BCUT2D eigenvalue weighted by atomic mass is 16.7. The van der Waals surface area contributed by atoms with Crippen LogP contribution in [-0.2, 0) is 6.54 Å². The number of fused-ring (bicyclic) bond motifs is 2. The summed E-state index contributed by atoms with van der Waals surface area (Å²) in [7, 11) is 0. The third kappa shape index (κ3) is 3.72. The quantitative estimate of drug-likeness (QED) is 0.732. The molecule has 0 spiro atoms. The molecule has 1 fully saturated rings. The Labute approximate surface area is 170 Å². The lowest BCUT2D eigenvalue weighted by molar-refractivity contribution is 0.174. The Morgan fingerprint density at radius 3 is 2.69 bits per heavy atom. The summed E-state index contributed by atoms with van der Waals surface area (Å²) >= 11 is 0. The predicted octanol–water partition coefficient (Wildman–Crippen LogP) is 3.73. The second-order valence-electron chi connectivity index (χ2n) is 7.96. The van der Waals surface area contributed by atoms with E-state index < -0.39 is 0 Å². The van der Waals surface area contributed by atoms with Gasteiger partial charge >= 0.3 is 0 Å². The van der Waals surface area contributed by atoms with Crippen molar-refractivity contribution >= 4 is 16.9 Å². The van der Waals surface area contributed by atoms with Gasteiger partial charge in [0.05, 0.1) is 11.2 Å². The summed E-state index contributed by atoms with van der Waals surface area (Å²) in [4.78, 5) is 11.9. The maximum atomic E-state index is 5.47. The van der Waals surface area contributed by atoms with Gasteiger partial charge in [0, 0.05) is 31.1 Å². The second kappa shape index (κ2) is 7.52. The molecule has 150 valence electrons. The molecular weight excluding hydrogens is 364 g/mol. The van der Waals surface area contributed by atoms with Gasteiger partial charge in [-0.1, -0.05) is 17.7 Å². The van der Waals surface area contributed by atoms with Gasteiger partial charge in [-0.3, -0.25) is 0 Å². The van der Waals surface area contributed by atoms with Gasteiger partial charge in [0.15, 0.2) is 11.5 Å². The Hall–Kier alpha value is -2.86. The number of ether oxygens (including phenoxy) is 2. The van der Waals surface area contributed by atoms with E-state index in [4.69, 9.17) is 19.4 Å². The molecule has 0 atom stereocenters. The first kappa shape index (κ1) is 18.2. The molecule has 2 aromatic carbocycles. The van der Waals surface area contributed by atoms with Gasteiger partial charge < -0.3 is 19.7 Å². The summed E-state index contributed by atoms with van der Waals surface area (Å²) < 4.78 is 10.9. The predicted molar refractivity (Wildman–Crippen MR) is 114 cm³/mol. The lowest BCUT2D eigenvalue weighted by atomic mass is 10.0. The molecule has 0 saturated carbocycles. The lowest BCUT2D eigenvalue weighted by Gasteiger charge is -2.32. The van der Waals surface area contributed by atoms with E-state index in [0.29, 0.717) is 12.8 Å². The Balaban J connectivity index is 1.20. The van der Waals surface area contributed by atoms with E-state index in [9.17, 15) is 0 Å². The fraction of sp³-hybridized carbons (Fsp3) is 0.391. The van der Waals surface area contributed by atoms with Crippen molar-refractivity contribution < 1.29 is 9.47 Å². The number of hydrogen-bond donors (Lipinski definition) is 1. The minimum absolute atomic E-state index is 0.320. The second-order valence-corrected chi connectivity index (χ2v) is 7.96. The van der Waals surface area contributed by atoms with Crippen molar-refractivity contribution in [2.45, 2.75) is 39.3 Å². The summed E-state index contributed by atoms with van der Waals surface area (Å²) in [5.74, 6) is 2.54. The van der Waals surface area contributed by atoms with Crippen LogP contribution in [0.1, 0.15) is 29.7 Å². The number of aryl methyl sites for hydroxylation is 2. The number of nitrogens with one attached hydrogen (secondary N) is 1. The van der Waals surface area contributed by atoms with Crippen LogP contribution in [0.5, 0.6) is 11.5 Å². The number of nitrogens with zero attached hydrogens (tertiary/aromatic N) is 3. The highest BCUT2D eigenvalue weighted by Crippen LogP contribution is 2.32. The zero-order valence-electron chi connectivity index (χ0n) is 16.9. The zero-order valence-corrected chi connectivity index (χ0v) is 16.9. The number of benzene rings is 2. The number of aromatic nitrogens is 2. The Kier molecular flexibility index (Phi) is 4.72. The molecule has 1 aromatic heterocycles. The van der Waals surface area contributed by atoms with Crippen LogP contribution in [0.3, 0.4) is 0 Å². The summed E-state index contributed by atoms with van der Waals surface area (Å²) in [6.45, 7) is 7.28. The Morgan fingerprint density at radius 1 is 1.00 bits per heavy atom. The van der Waals surface area contributed by atoms with Crippen LogP contribution in [0.25, 0.3) is 10.9 Å². The number of hydrogen-bond acceptors (Lipinski definition) is 6. The van der Waals surface area contributed by atoms with Crippen molar-refractivity contribution in [3.8, 4) is 11.5 Å². The molecule has 29 heavy (non-hydrogen) atoms. The van der Waals surface area contributed by atoms with Crippen LogP contribution in [-0.4, -0.2) is 35.9 Å². The van der Waals surface area contributed by atoms with Gasteiger partial charge in [-0.25, -0.2) is 9.97 Å².